The van der Waals surface area contributed by atoms with E-state index in [0.29, 0.717) is 12.1 Å². The average Bonchev–Trinajstić information content (AvgIpc) is 2.63. The van der Waals surface area contributed by atoms with Crippen LogP contribution in [0.2, 0.25) is 0 Å². The van der Waals surface area contributed by atoms with Gasteiger partial charge in [0.15, 0.2) is 5.69 Å². The highest BCUT2D eigenvalue weighted by Gasteiger charge is 2.22. The minimum atomic E-state index is -0.213. The number of aromatic nitrogens is 2. The van der Waals surface area contributed by atoms with Crippen LogP contribution < -0.4 is 5.32 Å². The first-order valence-electron chi connectivity index (χ1n) is 6.43. The SMILES string of the molecule is CCCCC(=O)Nc1c(C(=O)N(C)C)nn(C)c1C. The topological polar surface area (TPSA) is 67.2 Å². The summed E-state index contributed by atoms with van der Waals surface area (Å²) >= 11 is 0. The molecule has 19 heavy (non-hydrogen) atoms. The Morgan fingerprint density at radius 3 is 2.53 bits per heavy atom. The van der Waals surface area contributed by atoms with Gasteiger partial charge in [0.2, 0.25) is 5.91 Å². The normalized spacial score (nSPS) is 10.4. The van der Waals surface area contributed by atoms with Gasteiger partial charge < -0.3 is 10.2 Å². The first kappa shape index (κ1) is 15.2. The van der Waals surface area contributed by atoms with Crippen LogP contribution in [0.5, 0.6) is 0 Å². The van der Waals surface area contributed by atoms with E-state index in [4.69, 9.17) is 0 Å². The fourth-order valence-electron chi connectivity index (χ4n) is 1.66. The van der Waals surface area contributed by atoms with E-state index in [1.807, 2.05) is 13.8 Å². The molecule has 6 nitrogen and oxygen atoms in total. The molecule has 0 bridgehead atoms. The lowest BCUT2D eigenvalue weighted by Gasteiger charge is -2.10. The van der Waals surface area contributed by atoms with Crippen molar-refractivity contribution in [2.24, 2.45) is 7.05 Å². The number of carbonyl (C=O) groups is 2. The predicted molar refractivity (Wildman–Crippen MR) is 74.1 cm³/mol. The predicted octanol–water partition coefficient (Wildman–Crippen LogP) is 1.56. The number of anilines is 1. The third-order valence-corrected chi connectivity index (χ3v) is 2.96. The van der Waals surface area contributed by atoms with Gasteiger partial charge in [-0.1, -0.05) is 13.3 Å². The van der Waals surface area contributed by atoms with Gasteiger partial charge in [-0.2, -0.15) is 5.10 Å². The number of unbranched alkanes of at least 4 members (excludes halogenated alkanes) is 1. The minimum absolute atomic E-state index is 0.0780. The molecule has 0 aliphatic rings. The molecule has 1 aromatic rings. The molecule has 106 valence electrons. The first-order valence-corrected chi connectivity index (χ1v) is 6.43. The molecular formula is C13H22N4O2. The van der Waals surface area contributed by atoms with Crippen LogP contribution in [0, 0.1) is 6.92 Å². The molecule has 0 aliphatic carbocycles. The van der Waals surface area contributed by atoms with Crippen LogP contribution in [0.4, 0.5) is 5.69 Å². The molecule has 6 heteroatoms. The van der Waals surface area contributed by atoms with E-state index in [0.717, 1.165) is 18.5 Å². The zero-order valence-electron chi connectivity index (χ0n) is 12.3. The third-order valence-electron chi connectivity index (χ3n) is 2.96. The smallest absolute Gasteiger partial charge is 0.276 e. The maximum atomic E-state index is 12.0. The Bertz CT molecular complexity index is 477. The quantitative estimate of drug-likeness (QED) is 0.879. The Morgan fingerprint density at radius 2 is 2.00 bits per heavy atom. The number of hydrogen-bond donors (Lipinski definition) is 1. The second kappa shape index (κ2) is 6.36. The molecule has 0 unspecified atom stereocenters. The van der Waals surface area contributed by atoms with Gasteiger partial charge in [-0.15, -0.1) is 0 Å². The third kappa shape index (κ3) is 3.56. The molecule has 1 rings (SSSR count). The van der Waals surface area contributed by atoms with E-state index in [2.05, 4.69) is 10.4 Å². The van der Waals surface area contributed by atoms with Crippen molar-refractivity contribution in [1.82, 2.24) is 14.7 Å². The van der Waals surface area contributed by atoms with Gasteiger partial charge in [-0.05, 0) is 13.3 Å². The molecular weight excluding hydrogens is 244 g/mol. The summed E-state index contributed by atoms with van der Waals surface area (Å²) in [6, 6.07) is 0. The zero-order valence-corrected chi connectivity index (χ0v) is 12.3. The monoisotopic (exact) mass is 266 g/mol. The summed E-state index contributed by atoms with van der Waals surface area (Å²) in [6.45, 7) is 3.86. The van der Waals surface area contributed by atoms with Crippen molar-refractivity contribution in [3.05, 3.63) is 11.4 Å². The van der Waals surface area contributed by atoms with Gasteiger partial charge in [-0.3, -0.25) is 14.3 Å². The van der Waals surface area contributed by atoms with Crippen molar-refractivity contribution in [3.63, 3.8) is 0 Å². The second-order valence-corrected chi connectivity index (χ2v) is 4.78. The van der Waals surface area contributed by atoms with E-state index < -0.39 is 0 Å². The molecule has 0 aliphatic heterocycles. The molecule has 0 saturated carbocycles. The van der Waals surface area contributed by atoms with Crippen LogP contribution in [-0.2, 0) is 11.8 Å². The molecule has 1 aromatic heterocycles. The number of rotatable bonds is 5. The number of nitrogens with one attached hydrogen (secondary N) is 1. The lowest BCUT2D eigenvalue weighted by Crippen LogP contribution is -2.24. The van der Waals surface area contributed by atoms with Gasteiger partial charge in [0.1, 0.15) is 0 Å². The summed E-state index contributed by atoms with van der Waals surface area (Å²) in [5, 5.41) is 6.98. The van der Waals surface area contributed by atoms with Crippen molar-refractivity contribution >= 4 is 17.5 Å². The van der Waals surface area contributed by atoms with E-state index in [1.165, 1.54) is 4.90 Å². The second-order valence-electron chi connectivity index (χ2n) is 4.78. The minimum Gasteiger partial charge on any atom is -0.343 e. The van der Waals surface area contributed by atoms with Crippen LogP contribution in [0.3, 0.4) is 0 Å². The Balaban J connectivity index is 2.99. The average molecular weight is 266 g/mol. The Kier molecular flexibility index (Phi) is 5.09. The lowest BCUT2D eigenvalue weighted by atomic mass is 10.2. The lowest BCUT2D eigenvalue weighted by molar-refractivity contribution is -0.116. The van der Waals surface area contributed by atoms with E-state index in [-0.39, 0.29) is 17.5 Å². The molecule has 1 heterocycles. The summed E-state index contributed by atoms with van der Waals surface area (Å²) in [5.74, 6) is -0.291. The standard InChI is InChI=1S/C13H22N4O2/c1-6-7-8-10(18)14-11-9(2)17(5)15-12(11)13(19)16(3)4/h6-8H2,1-5H3,(H,14,18). The number of nitrogens with zero attached hydrogens (tertiary/aromatic N) is 3. The summed E-state index contributed by atoms with van der Waals surface area (Å²) in [5.41, 5.74) is 1.58. The van der Waals surface area contributed by atoms with Crippen LogP contribution in [0.25, 0.3) is 0 Å². The summed E-state index contributed by atoms with van der Waals surface area (Å²) in [4.78, 5) is 25.3. The number of hydrogen-bond acceptors (Lipinski definition) is 3. The van der Waals surface area contributed by atoms with E-state index in [1.54, 1.807) is 25.8 Å². The highest BCUT2D eigenvalue weighted by Crippen LogP contribution is 2.21. The molecule has 0 spiro atoms. The molecule has 0 radical (unpaired) electrons. The molecule has 2 amide bonds. The van der Waals surface area contributed by atoms with Crippen molar-refractivity contribution in [2.45, 2.75) is 33.1 Å². The van der Waals surface area contributed by atoms with Gasteiger partial charge in [0, 0.05) is 27.6 Å². The molecule has 0 fully saturated rings. The van der Waals surface area contributed by atoms with E-state index >= 15 is 0 Å². The maximum absolute atomic E-state index is 12.0. The highest BCUT2D eigenvalue weighted by molar-refractivity contribution is 6.02. The summed E-state index contributed by atoms with van der Waals surface area (Å²) in [6.07, 6.45) is 2.26. The summed E-state index contributed by atoms with van der Waals surface area (Å²) < 4.78 is 1.60. The number of aryl methyl sites for hydroxylation is 1. The largest absolute Gasteiger partial charge is 0.343 e. The fourth-order valence-corrected chi connectivity index (χ4v) is 1.66. The fraction of sp³-hybridized carbons (Fsp3) is 0.615. The zero-order chi connectivity index (χ0) is 14.6. The number of amides is 2. The first-order chi connectivity index (χ1) is 8.88. The van der Waals surface area contributed by atoms with Crippen molar-refractivity contribution in [1.29, 1.82) is 0 Å². The molecule has 1 N–H and O–H groups in total. The molecule has 0 aromatic carbocycles. The number of carbonyl (C=O) groups excluding carboxylic acids is 2. The van der Waals surface area contributed by atoms with Crippen LogP contribution in [0.1, 0.15) is 42.4 Å². The maximum Gasteiger partial charge on any atom is 0.276 e. The molecule has 0 saturated heterocycles. The van der Waals surface area contributed by atoms with Crippen molar-refractivity contribution in [3.8, 4) is 0 Å². The van der Waals surface area contributed by atoms with E-state index in [9.17, 15) is 9.59 Å². The van der Waals surface area contributed by atoms with Gasteiger partial charge in [-0.25, -0.2) is 0 Å². The molecule has 0 atom stereocenters. The van der Waals surface area contributed by atoms with Crippen LogP contribution in [-0.4, -0.2) is 40.6 Å². The Morgan fingerprint density at radius 1 is 1.37 bits per heavy atom. The van der Waals surface area contributed by atoms with Gasteiger partial charge >= 0.3 is 0 Å². The van der Waals surface area contributed by atoms with Gasteiger partial charge in [0.25, 0.3) is 5.91 Å². The Labute approximate surface area is 113 Å². The van der Waals surface area contributed by atoms with Crippen LogP contribution in [0.15, 0.2) is 0 Å². The Hall–Kier alpha value is -1.85. The highest BCUT2D eigenvalue weighted by atomic mass is 16.2. The van der Waals surface area contributed by atoms with Crippen molar-refractivity contribution < 1.29 is 9.59 Å². The van der Waals surface area contributed by atoms with Crippen molar-refractivity contribution in [2.75, 3.05) is 19.4 Å². The summed E-state index contributed by atoms with van der Waals surface area (Å²) in [7, 11) is 5.08. The van der Waals surface area contributed by atoms with Gasteiger partial charge in [0.05, 0.1) is 11.4 Å². The van der Waals surface area contributed by atoms with Crippen LogP contribution >= 0.6 is 0 Å².